The van der Waals surface area contributed by atoms with Crippen LogP contribution in [0.25, 0.3) is 0 Å². The molecule has 9 nitrogen and oxygen atoms in total. The molecule has 0 heterocycles. The number of hydrogen-bond donors (Lipinski definition) is 1. The number of aliphatic hydroxyl groups is 1. The molecule has 4 aromatic rings. The molecule has 4 aromatic carbocycles. The third-order valence-corrected chi connectivity index (χ3v) is 11.9. The van der Waals surface area contributed by atoms with Gasteiger partial charge < -0.3 is 24.1 Å². The first-order chi connectivity index (χ1) is 23.8. The van der Waals surface area contributed by atoms with E-state index in [0.717, 1.165) is 25.7 Å². The molecule has 0 saturated heterocycles. The zero-order chi connectivity index (χ0) is 36.4. The van der Waals surface area contributed by atoms with E-state index in [-0.39, 0.29) is 45.0 Å². The lowest BCUT2D eigenvalue weighted by atomic mass is 9.99. The van der Waals surface area contributed by atoms with Crippen LogP contribution in [-0.2, 0) is 19.7 Å². The minimum Gasteiger partial charge on any atom is -0.491 e. The molecule has 50 heavy (non-hydrogen) atoms. The first-order valence-electron chi connectivity index (χ1n) is 17.0. The Balaban J connectivity index is 1.37. The first kappa shape index (κ1) is 38.7. The van der Waals surface area contributed by atoms with E-state index in [9.17, 15) is 21.9 Å². The van der Waals surface area contributed by atoms with Crippen molar-refractivity contribution >= 4 is 19.7 Å². The van der Waals surface area contributed by atoms with Gasteiger partial charge in [-0.15, -0.1) is 0 Å². The number of benzene rings is 4. The van der Waals surface area contributed by atoms with Gasteiger partial charge in [-0.25, -0.2) is 16.8 Å². The van der Waals surface area contributed by atoms with Gasteiger partial charge >= 0.3 is 0 Å². The lowest BCUT2D eigenvalue weighted by Gasteiger charge is -2.28. The molecule has 0 amide bonds. The molecule has 0 fully saturated rings. The topological polar surface area (TPSA) is 125 Å². The van der Waals surface area contributed by atoms with Gasteiger partial charge in [0.15, 0.2) is 0 Å². The van der Waals surface area contributed by atoms with Crippen LogP contribution >= 0.6 is 0 Å². The highest BCUT2D eigenvalue weighted by Crippen LogP contribution is 2.28. The molecular formula is C39H48O9S2. The SMILES string of the molecule is CCCCC(O)(COc1ccc(S(=O)(=O)c2ccc(OC(C)CC)cc2)cc1)COc1ccc(S(=O)(=O)c2ccc(OC(C)CC)cc2)cc1. The van der Waals surface area contributed by atoms with E-state index in [1.807, 2.05) is 34.6 Å². The summed E-state index contributed by atoms with van der Waals surface area (Å²) in [6.07, 6.45) is 3.70. The Kier molecular flexibility index (Phi) is 13.4. The molecule has 4 rings (SSSR count). The molecule has 2 unspecified atom stereocenters. The number of sulfone groups is 2. The molecule has 0 spiro atoms. The molecule has 0 aliphatic heterocycles. The smallest absolute Gasteiger partial charge is 0.206 e. The standard InChI is InChI=1S/C39H48O9S2/c1-6-9-26-39(40,27-45-31-10-18-35(19-11-31)49(41,42)37-22-14-33(15-23-37)47-29(4)7-2)28-46-32-12-20-36(21-13-32)50(43,44)38-24-16-34(17-25-38)48-30(5)8-3/h10-25,29-30,40H,6-9,26-28H2,1-5H3. The summed E-state index contributed by atoms with van der Waals surface area (Å²) in [6, 6.07) is 24.8. The molecule has 270 valence electrons. The van der Waals surface area contributed by atoms with Crippen molar-refractivity contribution in [2.75, 3.05) is 13.2 Å². The average molecular weight is 725 g/mol. The van der Waals surface area contributed by atoms with Crippen LogP contribution in [0.1, 0.15) is 66.7 Å². The predicted molar refractivity (Wildman–Crippen MR) is 193 cm³/mol. The van der Waals surface area contributed by atoms with Crippen molar-refractivity contribution in [3.8, 4) is 23.0 Å². The Labute approximate surface area is 297 Å². The fourth-order valence-electron chi connectivity index (χ4n) is 4.86. The van der Waals surface area contributed by atoms with Crippen LogP contribution in [0.3, 0.4) is 0 Å². The lowest BCUT2D eigenvalue weighted by molar-refractivity contribution is -0.0470. The van der Waals surface area contributed by atoms with Gasteiger partial charge in [0.25, 0.3) is 0 Å². The van der Waals surface area contributed by atoms with E-state index < -0.39 is 25.3 Å². The normalized spacial score (nSPS) is 14.3. The summed E-state index contributed by atoms with van der Waals surface area (Å²) in [7, 11) is -7.52. The van der Waals surface area contributed by atoms with Crippen LogP contribution in [-0.4, -0.2) is 53.0 Å². The first-order valence-corrected chi connectivity index (χ1v) is 20.0. The average Bonchev–Trinajstić information content (AvgIpc) is 3.13. The molecule has 2 atom stereocenters. The van der Waals surface area contributed by atoms with Gasteiger partial charge in [0, 0.05) is 0 Å². The summed E-state index contributed by atoms with van der Waals surface area (Å²) in [5.41, 5.74) is -1.36. The van der Waals surface area contributed by atoms with Crippen LogP contribution in [0, 0.1) is 0 Å². The highest BCUT2D eigenvalue weighted by molar-refractivity contribution is 7.91. The molecule has 1 N–H and O–H groups in total. The second-order valence-electron chi connectivity index (χ2n) is 12.5. The van der Waals surface area contributed by atoms with Gasteiger partial charge in [-0.2, -0.15) is 0 Å². The number of rotatable bonds is 19. The van der Waals surface area contributed by atoms with Gasteiger partial charge in [0.1, 0.15) is 41.8 Å². The van der Waals surface area contributed by atoms with E-state index in [1.54, 1.807) is 48.5 Å². The van der Waals surface area contributed by atoms with Crippen LogP contribution < -0.4 is 18.9 Å². The minimum atomic E-state index is -3.76. The summed E-state index contributed by atoms with van der Waals surface area (Å²) in [6.45, 7) is 9.75. The van der Waals surface area contributed by atoms with Gasteiger partial charge in [-0.05, 0) is 130 Å². The molecule has 0 aliphatic carbocycles. The lowest BCUT2D eigenvalue weighted by Crippen LogP contribution is -2.42. The Morgan fingerprint density at radius 2 is 0.840 bits per heavy atom. The summed E-state index contributed by atoms with van der Waals surface area (Å²) in [5.74, 6) is 2.00. The highest BCUT2D eigenvalue weighted by Gasteiger charge is 2.29. The van der Waals surface area contributed by atoms with E-state index >= 15 is 0 Å². The van der Waals surface area contributed by atoms with Crippen LogP contribution in [0.5, 0.6) is 23.0 Å². The second kappa shape index (κ2) is 17.2. The molecule has 0 saturated carbocycles. The van der Waals surface area contributed by atoms with Crippen LogP contribution in [0.15, 0.2) is 117 Å². The fourth-order valence-corrected chi connectivity index (χ4v) is 7.38. The third kappa shape index (κ3) is 10.2. The summed E-state index contributed by atoms with van der Waals surface area (Å²) < 4.78 is 76.2. The monoisotopic (exact) mass is 724 g/mol. The van der Waals surface area contributed by atoms with Crippen LogP contribution in [0.4, 0.5) is 0 Å². The largest absolute Gasteiger partial charge is 0.491 e. The van der Waals surface area contributed by atoms with Crippen molar-refractivity contribution in [2.24, 2.45) is 0 Å². The molecule has 11 heteroatoms. The maximum absolute atomic E-state index is 13.2. The van der Waals surface area contributed by atoms with Crippen molar-refractivity contribution in [1.82, 2.24) is 0 Å². The van der Waals surface area contributed by atoms with Gasteiger partial charge in [-0.1, -0.05) is 33.6 Å². The Hall–Kier alpha value is -4.06. The summed E-state index contributed by atoms with van der Waals surface area (Å²) in [4.78, 5) is 0.535. The van der Waals surface area contributed by atoms with E-state index in [2.05, 4.69) is 0 Å². The quantitative estimate of drug-likeness (QED) is 0.102. The summed E-state index contributed by atoms with van der Waals surface area (Å²) in [5, 5.41) is 11.5. The van der Waals surface area contributed by atoms with Crippen molar-refractivity contribution in [3.63, 3.8) is 0 Å². The van der Waals surface area contributed by atoms with Crippen molar-refractivity contribution in [2.45, 2.75) is 104 Å². The van der Waals surface area contributed by atoms with Gasteiger partial charge in [-0.3, -0.25) is 0 Å². The Bertz CT molecular complexity index is 1720. The number of unbranched alkanes of at least 4 members (excludes halogenated alkanes) is 1. The fraction of sp³-hybridized carbons (Fsp3) is 0.385. The van der Waals surface area contributed by atoms with Crippen LogP contribution in [0.2, 0.25) is 0 Å². The van der Waals surface area contributed by atoms with Crippen molar-refractivity contribution in [3.05, 3.63) is 97.1 Å². The molecular weight excluding hydrogens is 677 g/mol. The third-order valence-electron chi connectivity index (χ3n) is 8.37. The molecule has 0 bridgehead atoms. The summed E-state index contributed by atoms with van der Waals surface area (Å²) >= 11 is 0. The zero-order valence-corrected chi connectivity index (χ0v) is 31.0. The maximum atomic E-state index is 13.2. The van der Waals surface area contributed by atoms with Crippen molar-refractivity contribution < 1.29 is 40.9 Å². The number of ether oxygens (including phenoxy) is 4. The molecule has 0 aromatic heterocycles. The molecule has 0 radical (unpaired) electrons. The predicted octanol–water partition coefficient (Wildman–Crippen LogP) is 8.09. The van der Waals surface area contributed by atoms with E-state index in [1.165, 1.54) is 48.5 Å². The number of hydrogen-bond acceptors (Lipinski definition) is 9. The second-order valence-corrected chi connectivity index (χ2v) is 16.4. The van der Waals surface area contributed by atoms with E-state index in [4.69, 9.17) is 18.9 Å². The van der Waals surface area contributed by atoms with Crippen molar-refractivity contribution in [1.29, 1.82) is 0 Å². The maximum Gasteiger partial charge on any atom is 0.206 e. The van der Waals surface area contributed by atoms with Gasteiger partial charge in [0.2, 0.25) is 19.7 Å². The molecule has 0 aliphatic rings. The Morgan fingerprint density at radius 3 is 1.12 bits per heavy atom. The zero-order valence-electron chi connectivity index (χ0n) is 29.4. The van der Waals surface area contributed by atoms with Gasteiger partial charge in [0.05, 0.1) is 31.8 Å². The highest BCUT2D eigenvalue weighted by atomic mass is 32.2. The Morgan fingerprint density at radius 1 is 0.540 bits per heavy atom. The minimum absolute atomic E-state index is 0.0270. The van der Waals surface area contributed by atoms with E-state index in [0.29, 0.717) is 29.4 Å².